The zero-order chi connectivity index (χ0) is 15.6. The summed E-state index contributed by atoms with van der Waals surface area (Å²) in [6, 6.07) is 5.61. The van der Waals surface area contributed by atoms with Crippen molar-refractivity contribution in [3.05, 3.63) is 36.5 Å². The second-order valence-corrected chi connectivity index (χ2v) is 5.53. The number of methoxy groups -OCH3 is 1. The van der Waals surface area contributed by atoms with Crippen molar-refractivity contribution in [2.45, 2.75) is 18.8 Å². The van der Waals surface area contributed by atoms with E-state index in [1.165, 1.54) is 0 Å². The number of fused-ring (bicyclic) bond motifs is 1. The van der Waals surface area contributed by atoms with Crippen molar-refractivity contribution in [3.63, 3.8) is 0 Å². The van der Waals surface area contributed by atoms with Crippen molar-refractivity contribution >= 4 is 11.5 Å². The van der Waals surface area contributed by atoms with Gasteiger partial charge in [-0.3, -0.25) is 0 Å². The molecule has 0 radical (unpaired) electrons. The zero-order valence-corrected chi connectivity index (χ0v) is 12.8. The molecule has 1 saturated heterocycles. The van der Waals surface area contributed by atoms with Crippen molar-refractivity contribution in [2.75, 3.05) is 25.1 Å². The molecule has 1 aliphatic rings. The summed E-state index contributed by atoms with van der Waals surface area (Å²) in [5.41, 5.74) is 0.749. The van der Waals surface area contributed by atoms with Gasteiger partial charge in [-0.25, -0.2) is 9.97 Å². The Balaban J connectivity index is 1.54. The van der Waals surface area contributed by atoms with E-state index in [0.29, 0.717) is 11.8 Å². The molecule has 0 aliphatic carbocycles. The Bertz CT molecular complexity index is 796. The van der Waals surface area contributed by atoms with Crippen LogP contribution in [0.25, 0.3) is 5.65 Å². The third-order valence-electron chi connectivity index (χ3n) is 4.22. The van der Waals surface area contributed by atoms with E-state index in [1.54, 1.807) is 30.2 Å². The third-order valence-corrected chi connectivity index (χ3v) is 4.22. The van der Waals surface area contributed by atoms with Crippen molar-refractivity contribution in [3.8, 4) is 5.88 Å². The van der Waals surface area contributed by atoms with Crippen molar-refractivity contribution in [1.82, 2.24) is 29.8 Å². The molecule has 0 bridgehead atoms. The Morgan fingerprint density at radius 3 is 2.74 bits per heavy atom. The summed E-state index contributed by atoms with van der Waals surface area (Å²) in [6.45, 7) is 1.86. The number of ether oxygens (including phenoxy) is 1. The first-order valence-electron chi connectivity index (χ1n) is 7.62. The van der Waals surface area contributed by atoms with Gasteiger partial charge in [0.1, 0.15) is 12.1 Å². The number of hydrogen-bond donors (Lipinski definition) is 0. The molecule has 0 unspecified atom stereocenters. The van der Waals surface area contributed by atoms with Gasteiger partial charge in [0.15, 0.2) is 11.5 Å². The largest absolute Gasteiger partial charge is 0.480 e. The van der Waals surface area contributed by atoms with Gasteiger partial charge in [0.05, 0.1) is 7.11 Å². The zero-order valence-electron chi connectivity index (χ0n) is 12.8. The number of rotatable bonds is 3. The van der Waals surface area contributed by atoms with Gasteiger partial charge in [0.25, 0.3) is 0 Å². The van der Waals surface area contributed by atoms with Crippen LogP contribution in [-0.2, 0) is 0 Å². The maximum Gasteiger partial charge on any atom is 0.231 e. The van der Waals surface area contributed by atoms with E-state index in [0.717, 1.165) is 43.2 Å². The lowest BCUT2D eigenvalue weighted by Crippen LogP contribution is -2.34. The minimum absolute atomic E-state index is 0.336. The first-order chi connectivity index (χ1) is 11.3. The predicted molar refractivity (Wildman–Crippen MR) is 83.6 cm³/mol. The monoisotopic (exact) mass is 311 g/mol. The lowest BCUT2D eigenvalue weighted by Gasteiger charge is -2.31. The SMILES string of the molecule is COc1ccc2nnc(C3CCN(c4ccncn4)CC3)n2n1. The fourth-order valence-corrected chi connectivity index (χ4v) is 2.99. The molecule has 23 heavy (non-hydrogen) atoms. The lowest BCUT2D eigenvalue weighted by atomic mass is 9.96. The lowest BCUT2D eigenvalue weighted by molar-refractivity contribution is 0.386. The summed E-state index contributed by atoms with van der Waals surface area (Å²) in [6.07, 6.45) is 5.34. The van der Waals surface area contributed by atoms with E-state index >= 15 is 0 Å². The van der Waals surface area contributed by atoms with Gasteiger partial charge < -0.3 is 9.64 Å². The fourth-order valence-electron chi connectivity index (χ4n) is 2.99. The van der Waals surface area contributed by atoms with Crippen LogP contribution in [0.15, 0.2) is 30.7 Å². The first-order valence-corrected chi connectivity index (χ1v) is 7.62. The predicted octanol–water partition coefficient (Wildman–Crippen LogP) is 1.31. The number of piperidine rings is 1. The molecule has 8 heteroatoms. The van der Waals surface area contributed by atoms with Gasteiger partial charge in [-0.2, -0.15) is 4.52 Å². The van der Waals surface area contributed by atoms with Crippen LogP contribution < -0.4 is 9.64 Å². The molecule has 3 aromatic rings. The molecule has 0 saturated carbocycles. The summed E-state index contributed by atoms with van der Waals surface area (Å²) in [7, 11) is 1.61. The van der Waals surface area contributed by atoms with Gasteiger partial charge >= 0.3 is 0 Å². The van der Waals surface area contributed by atoms with Crippen LogP contribution in [0.1, 0.15) is 24.6 Å². The molecule has 0 atom stereocenters. The molecular formula is C15H17N7O. The summed E-state index contributed by atoms with van der Waals surface area (Å²) in [5.74, 6) is 2.78. The van der Waals surface area contributed by atoms with Gasteiger partial charge in [-0.05, 0) is 25.0 Å². The normalized spacial score (nSPS) is 16.0. The van der Waals surface area contributed by atoms with Crippen molar-refractivity contribution in [2.24, 2.45) is 0 Å². The standard InChI is InChI=1S/C15H17N7O/c1-23-14-3-2-13-18-19-15(22(13)20-14)11-5-8-21(9-6-11)12-4-7-16-10-17-12/h2-4,7,10-11H,5-6,8-9H2,1H3. The van der Waals surface area contributed by atoms with Crippen LogP contribution in [0, 0.1) is 0 Å². The van der Waals surface area contributed by atoms with Gasteiger partial charge in [0.2, 0.25) is 5.88 Å². The molecule has 0 spiro atoms. The van der Waals surface area contributed by atoms with E-state index in [2.05, 4.69) is 30.2 Å². The summed E-state index contributed by atoms with van der Waals surface area (Å²) in [5, 5.41) is 13.0. The van der Waals surface area contributed by atoms with Gasteiger partial charge in [-0.15, -0.1) is 15.3 Å². The molecule has 1 aliphatic heterocycles. The minimum atomic E-state index is 0.336. The highest BCUT2D eigenvalue weighted by Crippen LogP contribution is 2.28. The van der Waals surface area contributed by atoms with E-state index in [4.69, 9.17) is 4.74 Å². The van der Waals surface area contributed by atoms with Crippen LogP contribution in [0.3, 0.4) is 0 Å². The van der Waals surface area contributed by atoms with Gasteiger partial charge in [-0.1, -0.05) is 0 Å². The Kier molecular flexibility index (Phi) is 3.49. The van der Waals surface area contributed by atoms with Crippen molar-refractivity contribution < 1.29 is 4.74 Å². The molecule has 118 valence electrons. The second kappa shape index (κ2) is 5.79. The number of aromatic nitrogens is 6. The smallest absolute Gasteiger partial charge is 0.231 e. The Hall–Kier alpha value is -2.77. The second-order valence-electron chi connectivity index (χ2n) is 5.53. The maximum atomic E-state index is 5.20. The van der Waals surface area contributed by atoms with Crippen molar-refractivity contribution in [1.29, 1.82) is 0 Å². The maximum absolute atomic E-state index is 5.20. The van der Waals surface area contributed by atoms with E-state index in [1.807, 2.05) is 12.1 Å². The van der Waals surface area contributed by atoms with Crippen LogP contribution in [0.4, 0.5) is 5.82 Å². The number of anilines is 1. The average Bonchev–Trinajstić information content (AvgIpc) is 3.05. The topological polar surface area (TPSA) is 81.3 Å². The quantitative estimate of drug-likeness (QED) is 0.721. The highest BCUT2D eigenvalue weighted by atomic mass is 16.5. The molecule has 4 heterocycles. The Morgan fingerprint density at radius 2 is 2.00 bits per heavy atom. The molecule has 4 rings (SSSR count). The Morgan fingerprint density at radius 1 is 1.13 bits per heavy atom. The summed E-state index contributed by atoms with van der Waals surface area (Å²) >= 11 is 0. The molecule has 8 nitrogen and oxygen atoms in total. The molecule has 1 fully saturated rings. The number of hydrogen-bond acceptors (Lipinski definition) is 7. The number of nitrogens with zero attached hydrogens (tertiary/aromatic N) is 7. The van der Waals surface area contributed by atoms with E-state index < -0.39 is 0 Å². The van der Waals surface area contributed by atoms with Crippen LogP contribution in [0.5, 0.6) is 5.88 Å². The molecule has 0 aromatic carbocycles. The molecule has 0 amide bonds. The minimum Gasteiger partial charge on any atom is -0.480 e. The first kappa shape index (κ1) is 13.9. The summed E-state index contributed by atoms with van der Waals surface area (Å²) < 4.78 is 6.99. The van der Waals surface area contributed by atoms with E-state index in [-0.39, 0.29) is 0 Å². The molecule has 3 aromatic heterocycles. The fraction of sp³-hybridized carbons (Fsp3) is 0.400. The molecule has 0 N–H and O–H groups in total. The van der Waals surface area contributed by atoms with Crippen LogP contribution in [-0.4, -0.2) is 50.0 Å². The van der Waals surface area contributed by atoms with Crippen LogP contribution in [0.2, 0.25) is 0 Å². The van der Waals surface area contributed by atoms with Gasteiger partial charge in [0, 0.05) is 31.3 Å². The molecular weight excluding hydrogens is 294 g/mol. The van der Waals surface area contributed by atoms with E-state index in [9.17, 15) is 0 Å². The Labute approximate surface area is 133 Å². The highest BCUT2D eigenvalue weighted by Gasteiger charge is 2.25. The highest BCUT2D eigenvalue weighted by molar-refractivity contribution is 5.39. The van der Waals surface area contributed by atoms with Crippen LogP contribution >= 0.6 is 0 Å². The average molecular weight is 311 g/mol. The summed E-state index contributed by atoms with van der Waals surface area (Å²) in [4.78, 5) is 10.6. The third kappa shape index (κ3) is 2.56.